The molecule has 1 fully saturated rings. The van der Waals surface area contributed by atoms with Crippen molar-refractivity contribution in [3.8, 4) is 23.8 Å². The first-order chi connectivity index (χ1) is 13.5. The number of nitrogens with one attached hydrogen (secondary N) is 1. The number of methoxy groups -OCH3 is 2. The van der Waals surface area contributed by atoms with Crippen molar-refractivity contribution in [2.75, 3.05) is 46.9 Å². The van der Waals surface area contributed by atoms with Crippen molar-refractivity contribution in [3.05, 3.63) is 23.8 Å². The number of carbonyl (C=O) groups excluding carboxylic acids is 1. The van der Waals surface area contributed by atoms with Crippen LogP contribution < -0.4 is 14.8 Å². The summed E-state index contributed by atoms with van der Waals surface area (Å²) < 4.78 is 10.7. The normalized spacial score (nSPS) is 15.7. The average molecular weight is 388 g/mol. The van der Waals surface area contributed by atoms with Gasteiger partial charge < -0.3 is 14.8 Å². The van der Waals surface area contributed by atoms with Gasteiger partial charge in [0.2, 0.25) is 5.91 Å². The Morgan fingerprint density at radius 1 is 1.11 bits per heavy atom. The first kappa shape index (κ1) is 22.1. The average Bonchev–Trinajstić information content (AvgIpc) is 2.73. The van der Waals surface area contributed by atoms with Gasteiger partial charge in [-0.05, 0) is 30.5 Å². The Hall–Kier alpha value is -2.23. The molecule has 1 aromatic rings. The summed E-state index contributed by atoms with van der Waals surface area (Å²) in [6.07, 6.45) is 7.12. The van der Waals surface area contributed by atoms with E-state index in [-0.39, 0.29) is 5.91 Å². The van der Waals surface area contributed by atoms with Crippen molar-refractivity contribution in [1.29, 1.82) is 0 Å². The van der Waals surface area contributed by atoms with Crippen LogP contribution in [-0.4, -0.2) is 68.2 Å². The molecule has 0 atom stereocenters. The molecule has 2 rings (SSSR count). The van der Waals surface area contributed by atoms with E-state index in [1.165, 1.54) is 5.56 Å². The van der Waals surface area contributed by atoms with E-state index in [1.54, 1.807) is 14.2 Å². The molecule has 1 amide bonds. The minimum Gasteiger partial charge on any atom is -0.493 e. The van der Waals surface area contributed by atoms with Gasteiger partial charge in [0.15, 0.2) is 11.5 Å². The van der Waals surface area contributed by atoms with Gasteiger partial charge in [0.05, 0.1) is 20.8 Å². The number of carbonyl (C=O) groups is 1. The standard InChI is InChI=1S/C22H33N3O3/c1-6-22(7-2,8-3)23-21(26)17-25-13-11-24(12-14-25)16-18-9-10-19(27-4)20(15-18)28-5/h1,9-10,15H,7-8,11-14,16-17H2,2-5H3,(H,23,26). The van der Waals surface area contributed by atoms with E-state index in [0.29, 0.717) is 6.54 Å². The molecule has 0 aromatic heterocycles. The van der Waals surface area contributed by atoms with Crippen LogP contribution in [0.5, 0.6) is 11.5 Å². The fraction of sp³-hybridized carbons (Fsp3) is 0.591. The highest BCUT2D eigenvalue weighted by Crippen LogP contribution is 2.28. The highest BCUT2D eigenvalue weighted by molar-refractivity contribution is 5.79. The summed E-state index contributed by atoms with van der Waals surface area (Å²) in [5.41, 5.74) is 0.667. The minimum atomic E-state index is -0.522. The van der Waals surface area contributed by atoms with Gasteiger partial charge >= 0.3 is 0 Å². The summed E-state index contributed by atoms with van der Waals surface area (Å²) in [4.78, 5) is 17.0. The molecule has 1 aromatic carbocycles. The van der Waals surface area contributed by atoms with Crippen molar-refractivity contribution in [3.63, 3.8) is 0 Å². The Morgan fingerprint density at radius 2 is 1.71 bits per heavy atom. The lowest BCUT2D eigenvalue weighted by Gasteiger charge is -2.35. The van der Waals surface area contributed by atoms with Gasteiger partial charge in [0.25, 0.3) is 0 Å². The lowest BCUT2D eigenvalue weighted by atomic mass is 9.94. The Kier molecular flexibility index (Phi) is 8.16. The van der Waals surface area contributed by atoms with E-state index in [2.05, 4.69) is 27.1 Å². The number of piperazine rings is 1. The predicted octanol–water partition coefficient (Wildman–Crippen LogP) is 2.13. The molecular weight excluding hydrogens is 354 g/mol. The Bertz CT molecular complexity index is 687. The Morgan fingerprint density at radius 3 is 2.25 bits per heavy atom. The van der Waals surface area contributed by atoms with E-state index < -0.39 is 5.54 Å². The van der Waals surface area contributed by atoms with E-state index >= 15 is 0 Å². The SMILES string of the molecule is C#CC(CC)(CC)NC(=O)CN1CCN(Cc2ccc(OC)c(OC)c2)CC1. The van der Waals surface area contributed by atoms with Gasteiger partial charge in [-0.1, -0.05) is 25.8 Å². The van der Waals surface area contributed by atoms with Crippen LogP contribution in [-0.2, 0) is 11.3 Å². The molecule has 1 heterocycles. The molecule has 0 bridgehead atoms. The molecule has 154 valence electrons. The maximum absolute atomic E-state index is 12.4. The number of terminal acetylenes is 1. The molecule has 1 aliphatic heterocycles. The van der Waals surface area contributed by atoms with E-state index in [9.17, 15) is 4.79 Å². The maximum Gasteiger partial charge on any atom is 0.235 e. The highest BCUT2D eigenvalue weighted by atomic mass is 16.5. The molecule has 28 heavy (non-hydrogen) atoms. The van der Waals surface area contributed by atoms with Crippen LogP contribution in [0.1, 0.15) is 32.3 Å². The number of hydrogen-bond donors (Lipinski definition) is 1. The van der Waals surface area contributed by atoms with Crippen LogP contribution in [0.3, 0.4) is 0 Å². The first-order valence-electron chi connectivity index (χ1n) is 9.93. The lowest BCUT2D eigenvalue weighted by Crippen LogP contribution is -2.53. The van der Waals surface area contributed by atoms with Crippen molar-refractivity contribution in [1.82, 2.24) is 15.1 Å². The zero-order chi connectivity index (χ0) is 20.6. The molecule has 0 spiro atoms. The summed E-state index contributed by atoms with van der Waals surface area (Å²) in [7, 11) is 3.29. The van der Waals surface area contributed by atoms with Gasteiger partial charge in [-0.2, -0.15) is 0 Å². The number of benzene rings is 1. The van der Waals surface area contributed by atoms with Crippen LogP contribution in [0.15, 0.2) is 18.2 Å². The Balaban J connectivity index is 1.83. The fourth-order valence-corrected chi connectivity index (χ4v) is 3.52. The molecular formula is C22H33N3O3. The molecule has 0 radical (unpaired) electrons. The molecule has 1 aliphatic rings. The number of ether oxygens (including phenoxy) is 2. The summed E-state index contributed by atoms with van der Waals surface area (Å²) in [5.74, 6) is 4.26. The van der Waals surface area contributed by atoms with Crippen molar-refractivity contribution >= 4 is 5.91 Å². The molecule has 0 aliphatic carbocycles. The van der Waals surface area contributed by atoms with Crippen LogP contribution in [0.2, 0.25) is 0 Å². The number of nitrogens with zero attached hydrogens (tertiary/aromatic N) is 2. The molecule has 6 nitrogen and oxygen atoms in total. The highest BCUT2D eigenvalue weighted by Gasteiger charge is 2.27. The van der Waals surface area contributed by atoms with Crippen molar-refractivity contribution < 1.29 is 14.3 Å². The van der Waals surface area contributed by atoms with Gasteiger partial charge in [0.1, 0.15) is 5.54 Å². The summed E-state index contributed by atoms with van der Waals surface area (Å²) in [6, 6.07) is 6.03. The smallest absolute Gasteiger partial charge is 0.235 e. The second-order valence-electron chi connectivity index (χ2n) is 7.22. The number of amides is 1. The fourth-order valence-electron chi connectivity index (χ4n) is 3.52. The van der Waals surface area contributed by atoms with Crippen LogP contribution in [0.4, 0.5) is 0 Å². The van der Waals surface area contributed by atoms with Crippen molar-refractivity contribution in [2.45, 2.75) is 38.8 Å². The monoisotopic (exact) mass is 387 g/mol. The zero-order valence-corrected chi connectivity index (χ0v) is 17.6. The molecule has 0 unspecified atom stereocenters. The second-order valence-corrected chi connectivity index (χ2v) is 7.22. The van der Waals surface area contributed by atoms with Crippen LogP contribution >= 0.6 is 0 Å². The topological polar surface area (TPSA) is 54.0 Å². The minimum absolute atomic E-state index is 0.00925. The third-order valence-corrected chi connectivity index (χ3v) is 5.55. The van der Waals surface area contributed by atoms with Crippen molar-refractivity contribution in [2.24, 2.45) is 0 Å². The maximum atomic E-state index is 12.4. The lowest BCUT2D eigenvalue weighted by molar-refractivity contribution is -0.124. The van der Waals surface area contributed by atoms with Gasteiger partial charge in [-0.25, -0.2) is 0 Å². The second kappa shape index (κ2) is 10.4. The van der Waals surface area contributed by atoms with E-state index in [0.717, 1.165) is 57.1 Å². The number of hydrogen-bond acceptors (Lipinski definition) is 5. The molecule has 0 saturated carbocycles. The van der Waals surface area contributed by atoms with Crippen LogP contribution in [0.25, 0.3) is 0 Å². The summed E-state index contributed by atoms with van der Waals surface area (Å²) in [5, 5.41) is 3.05. The first-order valence-corrected chi connectivity index (χ1v) is 9.93. The quantitative estimate of drug-likeness (QED) is 0.658. The van der Waals surface area contributed by atoms with Gasteiger partial charge in [-0.15, -0.1) is 6.42 Å². The largest absolute Gasteiger partial charge is 0.493 e. The Labute approximate surface area is 169 Å². The predicted molar refractivity (Wildman–Crippen MR) is 112 cm³/mol. The third kappa shape index (κ3) is 5.63. The van der Waals surface area contributed by atoms with Gasteiger partial charge in [-0.3, -0.25) is 14.6 Å². The van der Waals surface area contributed by atoms with E-state index in [1.807, 2.05) is 26.0 Å². The molecule has 6 heteroatoms. The third-order valence-electron chi connectivity index (χ3n) is 5.55. The zero-order valence-electron chi connectivity index (χ0n) is 17.6. The summed E-state index contributed by atoms with van der Waals surface area (Å²) in [6.45, 7) is 8.84. The van der Waals surface area contributed by atoms with E-state index in [4.69, 9.17) is 15.9 Å². The molecule has 1 N–H and O–H groups in total. The van der Waals surface area contributed by atoms with Gasteiger partial charge in [0, 0.05) is 32.7 Å². The molecule has 1 saturated heterocycles. The summed E-state index contributed by atoms with van der Waals surface area (Å²) >= 11 is 0. The number of rotatable bonds is 9. The van der Waals surface area contributed by atoms with Crippen LogP contribution in [0, 0.1) is 12.3 Å².